The van der Waals surface area contributed by atoms with Crippen LogP contribution in [0.15, 0.2) is 33.9 Å². The van der Waals surface area contributed by atoms with E-state index in [1.807, 2.05) is 0 Å². The Morgan fingerprint density at radius 1 is 1.31 bits per heavy atom. The maximum absolute atomic E-state index is 13.0. The maximum atomic E-state index is 13.0. The van der Waals surface area contributed by atoms with E-state index in [0.29, 0.717) is 11.3 Å². The summed E-state index contributed by atoms with van der Waals surface area (Å²) in [4.78, 5) is 37.4. The van der Waals surface area contributed by atoms with Gasteiger partial charge in [-0.2, -0.15) is 0 Å². The first-order chi connectivity index (χ1) is 12.4. The molecule has 0 radical (unpaired) electrons. The van der Waals surface area contributed by atoms with Gasteiger partial charge in [-0.3, -0.25) is 18.7 Å². The molecule has 1 aromatic carbocycles. The molecule has 8 heteroatoms. The molecule has 0 aliphatic heterocycles. The molecule has 1 amide bonds. The summed E-state index contributed by atoms with van der Waals surface area (Å²) in [6.45, 7) is 2.91. The van der Waals surface area contributed by atoms with Gasteiger partial charge in [-0.15, -0.1) is 0 Å². The molecule has 0 saturated carbocycles. The lowest BCUT2D eigenvalue weighted by atomic mass is 10.2. The van der Waals surface area contributed by atoms with E-state index in [1.165, 1.54) is 17.7 Å². The van der Waals surface area contributed by atoms with Gasteiger partial charge in [0, 0.05) is 13.7 Å². The number of methoxy groups -OCH3 is 1. The third-order valence-electron chi connectivity index (χ3n) is 4.02. The van der Waals surface area contributed by atoms with Crippen molar-refractivity contribution in [3.63, 3.8) is 0 Å². The number of amides is 1. The van der Waals surface area contributed by atoms with Crippen LogP contribution in [0.2, 0.25) is 0 Å². The molecule has 0 atom stereocenters. The smallest absolute Gasteiger partial charge is 0.335 e. The monoisotopic (exact) mass is 363 g/mol. The van der Waals surface area contributed by atoms with E-state index < -0.39 is 23.8 Å². The van der Waals surface area contributed by atoms with Crippen molar-refractivity contribution in [1.82, 2.24) is 9.13 Å². The maximum Gasteiger partial charge on any atom is 0.335 e. The predicted molar refractivity (Wildman–Crippen MR) is 96.6 cm³/mol. The van der Waals surface area contributed by atoms with Gasteiger partial charge in [-0.25, -0.2) is 9.18 Å². The molecule has 1 aromatic heterocycles. The van der Waals surface area contributed by atoms with Gasteiger partial charge in [0.2, 0.25) is 5.91 Å². The number of nitrogens with one attached hydrogen (secondary N) is 1. The molecule has 2 aromatic rings. The van der Waals surface area contributed by atoms with Crippen molar-refractivity contribution in [3.8, 4) is 5.69 Å². The fraction of sp³-hybridized carbons (Fsp3) is 0.389. The molecule has 0 aliphatic carbocycles. The number of halogens is 1. The third kappa shape index (κ3) is 3.91. The van der Waals surface area contributed by atoms with Crippen LogP contribution in [0.4, 0.5) is 10.1 Å². The van der Waals surface area contributed by atoms with Crippen LogP contribution in [0.3, 0.4) is 0 Å². The van der Waals surface area contributed by atoms with E-state index in [-0.39, 0.29) is 31.0 Å². The summed E-state index contributed by atoms with van der Waals surface area (Å²) < 4.78 is 20.2. The number of hydrogen-bond donors (Lipinski definition) is 1. The second kappa shape index (κ2) is 8.57. The van der Waals surface area contributed by atoms with Crippen LogP contribution in [0.1, 0.15) is 24.6 Å². The fourth-order valence-corrected chi connectivity index (χ4v) is 2.65. The van der Waals surface area contributed by atoms with Crippen LogP contribution in [0.25, 0.3) is 5.69 Å². The van der Waals surface area contributed by atoms with Crippen LogP contribution in [-0.4, -0.2) is 28.8 Å². The number of carbonyl (C=O) groups excluding carboxylic acids is 1. The highest BCUT2D eigenvalue weighted by atomic mass is 19.1. The summed E-state index contributed by atoms with van der Waals surface area (Å²) in [5, 5.41) is 2.57. The summed E-state index contributed by atoms with van der Waals surface area (Å²) in [5.41, 5.74) is 0.0372. The number of benzene rings is 1. The van der Waals surface area contributed by atoms with Crippen LogP contribution in [-0.2, 0) is 22.8 Å². The van der Waals surface area contributed by atoms with Gasteiger partial charge in [0.1, 0.15) is 12.4 Å². The van der Waals surface area contributed by atoms with E-state index in [0.717, 1.165) is 4.57 Å². The minimum absolute atomic E-state index is 0.0261. The number of rotatable bonds is 7. The second-order valence-electron chi connectivity index (χ2n) is 5.72. The standard InChI is InChI=1S/C18H22FN3O4/c1-4-21-17(24)16(20-15(23)8-9-26-3)12(2)22(18(21)25)14-7-5-6-13(10-14)11-19/h5-7,10H,4,8-9,11H2,1-3H3,(H,20,23). The van der Waals surface area contributed by atoms with Crippen molar-refractivity contribution in [2.75, 3.05) is 19.0 Å². The zero-order valence-corrected chi connectivity index (χ0v) is 15.0. The number of aromatic nitrogens is 2. The normalized spacial score (nSPS) is 10.8. The summed E-state index contributed by atoms with van der Waals surface area (Å²) in [6.07, 6.45) is 0.0813. The van der Waals surface area contributed by atoms with E-state index in [9.17, 15) is 18.8 Å². The zero-order chi connectivity index (χ0) is 19.3. The predicted octanol–water partition coefficient (Wildman–Crippen LogP) is 1.77. The van der Waals surface area contributed by atoms with E-state index in [2.05, 4.69) is 5.32 Å². The molecule has 0 bridgehead atoms. The summed E-state index contributed by atoms with van der Waals surface area (Å²) in [6, 6.07) is 6.42. The number of carbonyl (C=O) groups is 1. The molecule has 0 unspecified atom stereocenters. The van der Waals surface area contributed by atoms with Gasteiger partial charge in [-0.05, 0) is 31.5 Å². The Bertz CT molecular complexity index is 918. The molecule has 7 nitrogen and oxygen atoms in total. The summed E-state index contributed by atoms with van der Waals surface area (Å²) >= 11 is 0. The Labute approximate surface area is 150 Å². The molecular formula is C18H22FN3O4. The van der Waals surface area contributed by atoms with Crippen molar-refractivity contribution < 1.29 is 13.9 Å². The van der Waals surface area contributed by atoms with Crippen molar-refractivity contribution in [3.05, 3.63) is 56.4 Å². The third-order valence-corrected chi connectivity index (χ3v) is 4.02. The van der Waals surface area contributed by atoms with Crippen LogP contribution in [0.5, 0.6) is 0 Å². The lowest BCUT2D eigenvalue weighted by Crippen LogP contribution is -2.42. The SMILES string of the molecule is CCn1c(=O)c(NC(=O)CCOC)c(C)n(-c2cccc(CF)c2)c1=O. The Morgan fingerprint density at radius 2 is 2.04 bits per heavy atom. The van der Waals surface area contributed by atoms with E-state index in [1.54, 1.807) is 32.0 Å². The van der Waals surface area contributed by atoms with E-state index in [4.69, 9.17) is 4.74 Å². The molecule has 0 saturated heterocycles. The van der Waals surface area contributed by atoms with Gasteiger partial charge in [0.05, 0.1) is 24.4 Å². The number of alkyl halides is 1. The lowest BCUT2D eigenvalue weighted by molar-refractivity contribution is -0.117. The van der Waals surface area contributed by atoms with Gasteiger partial charge >= 0.3 is 5.69 Å². The summed E-state index contributed by atoms with van der Waals surface area (Å²) in [7, 11) is 1.47. The lowest BCUT2D eigenvalue weighted by Gasteiger charge is -2.17. The number of ether oxygens (including phenoxy) is 1. The highest BCUT2D eigenvalue weighted by Crippen LogP contribution is 2.15. The number of nitrogens with zero attached hydrogens (tertiary/aromatic N) is 2. The molecule has 26 heavy (non-hydrogen) atoms. The van der Waals surface area contributed by atoms with Crippen molar-refractivity contribution in [2.45, 2.75) is 33.5 Å². The first kappa shape index (κ1) is 19.6. The molecule has 1 N–H and O–H groups in total. The molecular weight excluding hydrogens is 341 g/mol. The first-order valence-electron chi connectivity index (χ1n) is 8.25. The highest BCUT2D eigenvalue weighted by Gasteiger charge is 2.18. The van der Waals surface area contributed by atoms with Crippen molar-refractivity contribution in [1.29, 1.82) is 0 Å². The Kier molecular flexibility index (Phi) is 6.46. The molecule has 2 rings (SSSR count). The van der Waals surface area contributed by atoms with Gasteiger partial charge in [0.25, 0.3) is 5.56 Å². The number of anilines is 1. The van der Waals surface area contributed by atoms with Gasteiger partial charge in [-0.1, -0.05) is 12.1 Å². The fourth-order valence-electron chi connectivity index (χ4n) is 2.65. The summed E-state index contributed by atoms with van der Waals surface area (Å²) in [5.74, 6) is -0.391. The zero-order valence-electron chi connectivity index (χ0n) is 15.0. The van der Waals surface area contributed by atoms with Gasteiger partial charge in [0.15, 0.2) is 0 Å². The average Bonchev–Trinajstić information content (AvgIpc) is 2.64. The largest absolute Gasteiger partial charge is 0.384 e. The topological polar surface area (TPSA) is 82.3 Å². The first-order valence-corrected chi connectivity index (χ1v) is 8.25. The molecule has 1 heterocycles. The molecule has 0 spiro atoms. The van der Waals surface area contributed by atoms with Crippen LogP contribution >= 0.6 is 0 Å². The average molecular weight is 363 g/mol. The molecule has 0 fully saturated rings. The van der Waals surface area contributed by atoms with Crippen LogP contribution in [0, 0.1) is 6.92 Å². The molecule has 140 valence electrons. The Balaban J connectivity index is 2.65. The number of hydrogen-bond acceptors (Lipinski definition) is 4. The van der Waals surface area contributed by atoms with Gasteiger partial charge < -0.3 is 10.1 Å². The minimum Gasteiger partial charge on any atom is -0.384 e. The second-order valence-corrected chi connectivity index (χ2v) is 5.72. The highest BCUT2D eigenvalue weighted by molar-refractivity contribution is 5.91. The minimum atomic E-state index is -0.671. The van der Waals surface area contributed by atoms with Crippen LogP contribution < -0.4 is 16.6 Å². The molecule has 0 aliphatic rings. The Hall–Kier alpha value is -2.74. The Morgan fingerprint density at radius 3 is 2.65 bits per heavy atom. The quantitative estimate of drug-likeness (QED) is 0.813. The van der Waals surface area contributed by atoms with Crippen molar-refractivity contribution >= 4 is 11.6 Å². The van der Waals surface area contributed by atoms with E-state index >= 15 is 0 Å². The van der Waals surface area contributed by atoms with Crippen molar-refractivity contribution in [2.24, 2.45) is 0 Å².